The Morgan fingerprint density at radius 1 is 1.30 bits per heavy atom. The summed E-state index contributed by atoms with van der Waals surface area (Å²) in [5.74, 6) is 4.69. The number of nitrogens with one attached hydrogen (secondary N) is 2. The van der Waals surface area contributed by atoms with Crippen LogP contribution in [0.25, 0.3) is 10.9 Å². The molecule has 0 radical (unpaired) electrons. The number of rotatable bonds is 4. The minimum atomic E-state index is -0.760. The van der Waals surface area contributed by atoms with Crippen molar-refractivity contribution in [2.45, 2.75) is 13.0 Å². The van der Waals surface area contributed by atoms with Crippen molar-refractivity contribution in [3.8, 4) is 0 Å². The van der Waals surface area contributed by atoms with Gasteiger partial charge < -0.3 is 16.5 Å². The highest BCUT2D eigenvalue weighted by Crippen LogP contribution is 2.20. The lowest BCUT2D eigenvalue weighted by Crippen LogP contribution is -2.42. The van der Waals surface area contributed by atoms with Crippen molar-refractivity contribution in [2.24, 2.45) is 11.6 Å². The van der Waals surface area contributed by atoms with Gasteiger partial charge in [0.2, 0.25) is 5.91 Å². The molecule has 0 saturated carbocycles. The topological polar surface area (TPSA) is 123 Å². The number of fused-ring (bicyclic) bond motifs is 1. The molecule has 6 N–H and O–H groups in total. The van der Waals surface area contributed by atoms with Crippen LogP contribution < -0.4 is 22.3 Å². The zero-order valence-corrected chi connectivity index (χ0v) is 10.9. The summed E-state index contributed by atoms with van der Waals surface area (Å²) in [4.78, 5) is 27.5. The summed E-state index contributed by atoms with van der Waals surface area (Å²) in [5.41, 5.74) is 8.54. The van der Waals surface area contributed by atoms with E-state index in [1.165, 1.54) is 13.0 Å². The molecule has 20 heavy (non-hydrogen) atoms. The van der Waals surface area contributed by atoms with Crippen molar-refractivity contribution < 1.29 is 9.59 Å². The van der Waals surface area contributed by atoms with Crippen LogP contribution in [0, 0.1) is 0 Å². The van der Waals surface area contributed by atoms with E-state index in [-0.39, 0.29) is 0 Å². The number of hydrogen-bond donors (Lipinski definition) is 4. The van der Waals surface area contributed by atoms with Gasteiger partial charge >= 0.3 is 0 Å². The number of nitrogens with two attached hydrogens (primary N) is 2. The maximum Gasteiger partial charge on any atom is 0.252 e. The first-order valence-corrected chi connectivity index (χ1v) is 5.99. The average Bonchev–Trinajstić information content (AvgIpc) is 2.45. The van der Waals surface area contributed by atoms with Gasteiger partial charge in [0.15, 0.2) is 0 Å². The Labute approximate surface area is 115 Å². The smallest absolute Gasteiger partial charge is 0.252 e. The molecule has 7 nitrogen and oxygen atoms in total. The lowest BCUT2D eigenvalue weighted by atomic mass is 10.1. The van der Waals surface area contributed by atoms with Crippen molar-refractivity contribution in [1.29, 1.82) is 0 Å². The number of carbonyl (C=O) groups excluding carboxylic acids is 2. The quantitative estimate of drug-likeness (QED) is 0.465. The summed E-state index contributed by atoms with van der Waals surface area (Å²) >= 11 is 0. The van der Waals surface area contributed by atoms with Crippen molar-refractivity contribution in [1.82, 2.24) is 10.3 Å². The SMILES string of the molecule is CC(NC(=O)c1cc(NN)nc2ccccc12)C(N)=O. The fourth-order valence-corrected chi connectivity index (χ4v) is 1.78. The molecule has 0 aliphatic rings. The van der Waals surface area contributed by atoms with Crippen LogP contribution in [0.4, 0.5) is 5.82 Å². The van der Waals surface area contributed by atoms with Gasteiger partial charge in [-0.05, 0) is 19.1 Å². The molecule has 0 spiro atoms. The number of para-hydroxylation sites is 1. The second kappa shape index (κ2) is 5.54. The highest BCUT2D eigenvalue weighted by molar-refractivity contribution is 6.08. The van der Waals surface area contributed by atoms with Gasteiger partial charge in [0.05, 0.1) is 11.1 Å². The van der Waals surface area contributed by atoms with E-state index in [1.807, 2.05) is 6.07 Å². The number of primary amides is 1. The van der Waals surface area contributed by atoms with Crippen LogP contribution in [0.2, 0.25) is 0 Å². The van der Waals surface area contributed by atoms with Gasteiger partial charge in [-0.1, -0.05) is 18.2 Å². The number of hydrazine groups is 1. The van der Waals surface area contributed by atoms with Gasteiger partial charge in [0.25, 0.3) is 5.91 Å². The molecule has 0 aliphatic heterocycles. The summed E-state index contributed by atoms with van der Waals surface area (Å²) in [5, 5.41) is 3.20. The molecule has 0 saturated heterocycles. The first kappa shape index (κ1) is 13.8. The number of benzene rings is 1. The second-order valence-electron chi connectivity index (χ2n) is 4.31. The number of amides is 2. The van der Waals surface area contributed by atoms with E-state index in [1.54, 1.807) is 18.2 Å². The molecule has 1 aromatic heterocycles. The Balaban J connectivity index is 2.46. The minimum Gasteiger partial charge on any atom is -0.368 e. The predicted octanol–water partition coefficient (Wildman–Crippen LogP) is 0.124. The van der Waals surface area contributed by atoms with Crippen LogP contribution in [0.1, 0.15) is 17.3 Å². The molecule has 1 atom stereocenters. The Hall–Kier alpha value is -2.67. The van der Waals surface area contributed by atoms with Crippen LogP contribution in [0.3, 0.4) is 0 Å². The van der Waals surface area contributed by atoms with Crippen LogP contribution >= 0.6 is 0 Å². The third kappa shape index (κ3) is 2.67. The molecule has 0 fully saturated rings. The fourth-order valence-electron chi connectivity index (χ4n) is 1.78. The molecule has 2 rings (SSSR count). The summed E-state index contributed by atoms with van der Waals surface area (Å²) in [7, 11) is 0. The lowest BCUT2D eigenvalue weighted by Gasteiger charge is -2.12. The van der Waals surface area contributed by atoms with E-state index in [2.05, 4.69) is 15.7 Å². The third-order valence-electron chi connectivity index (χ3n) is 2.88. The number of carbonyl (C=O) groups is 2. The third-order valence-corrected chi connectivity index (χ3v) is 2.88. The maximum atomic E-state index is 12.2. The molecule has 2 amide bonds. The number of nitrogen functional groups attached to an aromatic ring is 1. The standard InChI is InChI=1S/C13H15N5O2/c1-7(12(14)19)16-13(20)9-6-11(18-15)17-10-5-3-2-4-8(9)10/h2-7H,15H2,1H3,(H2,14,19)(H,16,20)(H,17,18). The lowest BCUT2D eigenvalue weighted by molar-refractivity contribution is -0.119. The first-order chi connectivity index (χ1) is 9.52. The van der Waals surface area contributed by atoms with Gasteiger partial charge in [0.1, 0.15) is 11.9 Å². The fraction of sp³-hybridized carbons (Fsp3) is 0.154. The maximum absolute atomic E-state index is 12.2. The summed E-state index contributed by atoms with van der Waals surface area (Å²) < 4.78 is 0. The van der Waals surface area contributed by atoms with Crippen molar-refractivity contribution >= 4 is 28.5 Å². The van der Waals surface area contributed by atoms with Gasteiger partial charge in [0, 0.05) is 5.39 Å². The number of pyridine rings is 1. The molecule has 1 unspecified atom stereocenters. The van der Waals surface area contributed by atoms with E-state index in [9.17, 15) is 9.59 Å². The second-order valence-corrected chi connectivity index (χ2v) is 4.31. The molecule has 1 heterocycles. The molecule has 7 heteroatoms. The van der Waals surface area contributed by atoms with Gasteiger partial charge in [-0.15, -0.1) is 0 Å². The van der Waals surface area contributed by atoms with E-state index in [0.717, 1.165) is 0 Å². The number of hydrogen-bond acceptors (Lipinski definition) is 5. The molecule has 0 bridgehead atoms. The van der Waals surface area contributed by atoms with E-state index in [0.29, 0.717) is 22.3 Å². The molecular weight excluding hydrogens is 258 g/mol. The number of aromatic nitrogens is 1. The van der Waals surface area contributed by atoms with Crippen LogP contribution in [0.5, 0.6) is 0 Å². The Morgan fingerprint density at radius 3 is 2.65 bits per heavy atom. The summed E-state index contributed by atoms with van der Waals surface area (Å²) in [6, 6.07) is 7.91. The van der Waals surface area contributed by atoms with Crippen molar-refractivity contribution in [2.75, 3.05) is 5.43 Å². The van der Waals surface area contributed by atoms with Crippen molar-refractivity contribution in [3.05, 3.63) is 35.9 Å². The molecule has 2 aromatic rings. The summed E-state index contributed by atoms with van der Waals surface area (Å²) in [6.07, 6.45) is 0. The van der Waals surface area contributed by atoms with Crippen LogP contribution in [-0.2, 0) is 4.79 Å². The number of anilines is 1. The van der Waals surface area contributed by atoms with Gasteiger partial charge in [-0.2, -0.15) is 0 Å². The monoisotopic (exact) mass is 273 g/mol. The van der Waals surface area contributed by atoms with Crippen LogP contribution in [-0.4, -0.2) is 22.8 Å². The molecule has 104 valence electrons. The largest absolute Gasteiger partial charge is 0.368 e. The van der Waals surface area contributed by atoms with Crippen molar-refractivity contribution in [3.63, 3.8) is 0 Å². The van der Waals surface area contributed by atoms with E-state index in [4.69, 9.17) is 11.6 Å². The normalized spacial score (nSPS) is 11.9. The zero-order chi connectivity index (χ0) is 14.7. The van der Waals surface area contributed by atoms with Crippen LogP contribution in [0.15, 0.2) is 30.3 Å². The predicted molar refractivity (Wildman–Crippen MR) is 75.7 cm³/mol. The first-order valence-electron chi connectivity index (χ1n) is 5.99. The average molecular weight is 273 g/mol. The molecular formula is C13H15N5O2. The molecule has 0 aliphatic carbocycles. The Kier molecular flexibility index (Phi) is 3.81. The van der Waals surface area contributed by atoms with Gasteiger partial charge in [-0.3, -0.25) is 9.59 Å². The zero-order valence-electron chi connectivity index (χ0n) is 10.9. The Bertz CT molecular complexity index is 671. The van der Waals surface area contributed by atoms with Gasteiger partial charge in [-0.25, -0.2) is 10.8 Å². The van der Waals surface area contributed by atoms with E-state index < -0.39 is 17.9 Å². The number of nitrogens with zero attached hydrogens (tertiary/aromatic N) is 1. The molecule has 1 aromatic carbocycles. The summed E-state index contributed by atoms with van der Waals surface area (Å²) in [6.45, 7) is 1.52. The Morgan fingerprint density at radius 2 is 2.00 bits per heavy atom. The van der Waals surface area contributed by atoms with E-state index >= 15 is 0 Å². The highest BCUT2D eigenvalue weighted by atomic mass is 16.2. The highest BCUT2D eigenvalue weighted by Gasteiger charge is 2.17. The minimum absolute atomic E-state index is 0.362.